The van der Waals surface area contributed by atoms with E-state index in [1.807, 2.05) is 6.92 Å². The van der Waals surface area contributed by atoms with Crippen molar-refractivity contribution in [2.75, 3.05) is 17.2 Å². The molecule has 0 bridgehead atoms. The summed E-state index contributed by atoms with van der Waals surface area (Å²) in [5.74, 6) is -0.332. The van der Waals surface area contributed by atoms with Crippen LogP contribution in [0.25, 0.3) is 0 Å². The van der Waals surface area contributed by atoms with Crippen LogP contribution in [0.5, 0.6) is 0 Å². The second kappa shape index (κ2) is 5.85. The molecule has 24 heavy (non-hydrogen) atoms. The Morgan fingerprint density at radius 2 is 1.92 bits per heavy atom. The molecule has 0 fully saturated rings. The van der Waals surface area contributed by atoms with Crippen LogP contribution in [0.2, 0.25) is 0 Å². The molecule has 2 aromatic rings. The summed E-state index contributed by atoms with van der Waals surface area (Å²) in [4.78, 5) is 14.2. The number of alkyl halides is 3. The molecule has 3 rings (SSSR count). The fraction of sp³-hybridized carbons (Fsp3) is 0.278. The summed E-state index contributed by atoms with van der Waals surface area (Å²) in [6, 6.07) is 8.54. The summed E-state index contributed by atoms with van der Waals surface area (Å²) in [5.41, 5.74) is 7.90. The number of hydrogen-bond donors (Lipinski definition) is 1. The molecule has 1 aliphatic rings. The zero-order valence-corrected chi connectivity index (χ0v) is 13.2. The van der Waals surface area contributed by atoms with Crippen molar-refractivity contribution in [1.82, 2.24) is 0 Å². The number of nitrogens with two attached hydrogens (primary N) is 1. The van der Waals surface area contributed by atoms with Gasteiger partial charge >= 0.3 is 6.18 Å². The Morgan fingerprint density at radius 3 is 2.58 bits per heavy atom. The van der Waals surface area contributed by atoms with Gasteiger partial charge in [-0.1, -0.05) is 12.1 Å². The van der Waals surface area contributed by atoms with Crippen molar-refractivity contribution in [2.45, 2.75) is 25.9 Å². The van der Waals surface area contributed by atoms with E-state index in [-0.39, 0.29) is 5.91 Å². The van der Waals surface area contributed by atoms with Gasteiger partial charge in [-0.15, -0.1) is 0 Å². The van der Waals surface area contributed by atoms with Gasteiger partial charge in [-0.3, -0.25) is 4.79 Å². The number of carbonyl (C=O) groups is 1. The van der Waals surface area contributed by atoms with Crippen LogP contribution in [-0.4, -0.2) is 12.5 Å². The van der Waals surface area contributed by atoms with E-state index < -0.39 is 11.7 Å². The molecule has 0 spiro atoms. The lowest BCUT2D eigenvalue weighted by Crippen LogP contribution is -2.35. The molecule has 1 heterocycles. The molecule has 1 aliphatic heterocycles. The summed E-state index contributed by atoms with van der Waals surface area (Å²) in [7, 11) is 0. The van der Waals surface area contributed by atoms with Crippen molar-refractivity contribution in [3.05, 3.63) is 58.7 Å². The minimum absolute atomic E-state index is 0.332. The van der Waals surface area contributed by atoms with E-state index in [1.54, 1.807) is 18.2 Å². The van der Waals surface area contributed by atoms with Crippen LogP contribution in [0.1, 0.15) is 33.5 Å². The van der Waals surface area contributed by atoms with E-state index in [1.165, 1.54) is 11.0 Å². The molecule has 1 amide bonds. The number of halogens is 3. The van der Waals surface area contributed by atoms with E-state index >= 15 is 0 Å². The highest BCUT2D eigenvalue weighted by Gasteiger charge is 2.33. The van der Waals surface area contributed by atoms with Crippen LogP contribution in [0.3, 0.4) is 0 Å². The van der Waals surface area contributed by atoms with Crippen LogP contribution < -0.4 is 10.6 Å². The summed E-state index contributed by atoms with van der Waals surface area (Å²) >= 11 is 0. The Morgan fingerprint density at radius 1 is 1.17 bits per heavy atom. The number of rotatable bonds is 1. The van der Waals surface area contributed by atoms with E-state index in [0.717, 1.165) is 23.3 Å². The number of fused-ring (bicyclic) bond motifs is 1. The molecule has 2 N–H and O–H groups in total. The Hall–Kier alpha value is -2.50. The number of benzene rings is 2. The predicted molar refractivity (Wildman–Crippen MR) is 87.0 cm³/mol. The molecule has 0 atom stereocenters. The first-order valence-corrected chi connectivity index (χ1v) is 7.65. The molecular weight excluding hydrogens is 317 g/mol. The first-order valence-electron chi connectivity index (χ1n) is 7.65. The van der Waals surface area contributed by atoms with Gasteiger partial charge in [-0.25, -0.2) is 0 Å². The highest BCUT2D eigenvalue weighted by Crippen LogP contribution is 2.36. The molecule has 0 aliphatic carbocycles. The Kier molecular flexibility index (Phi) is 3.99. The topological polar surface area (TPSA) is 46.3 Å². The first-order chi connectivity index (χ1) is 11.3. The van der Waals surface area contributed by atoms with Crippen LogP contribution in [0.4, 0.5) is 24.5 Å². The van der Waals surface area contributed by atoms with Crippen molar-refractivity contribution >= 4 is 17.3 Å². The molecule has 126 valence electrons. The van der Waals surface area contributed by atoms with Crippen LogP contribution >= 0.6 is 0 Å². The lowest BCUT2D eigenvalue weighted by atomic mass is 9.98. The Labute approximate surface area is 137 Å². The van der Waals surface area contributed by atoms with Gasteiger partial charge in [0.15, 0.2) is 0 Å². The molecular formula is C18H17F3N2O. The second-order valence-electron chi connectivity index (χ2n) is 5.97. The van der Waals surface area contributed by atoms with Gasteiger partial charge in [-0.2, -0.15) is 13.2 Å². The quantitative estimate of drug-likeness (QED) is 0.795. The van der Waals surface area contributed by atoms with Gasteiger partial charge in [0.05, 0.1) is 5.56 Å². The lowest BCUT2D eigenvalue weighted by Gasteiger charge is -2.30. The summed E-state index contributed by atoms with van der Waals surface area (Å²) in [5, 5.41) is 0. The smallest absolute Gasteiger partial charge is 0.398 e. The second-order valence-corrected chi connectivity index (χ2v) is 5.97. The van der Waals surface area contributed by atoms with Gasteiger partial charge < -0.3 is 10.6 Å². The highest BCUT2D eigenvalue weighted by atomic mass is 19.4. The maximum Gasteiger partial charge on any atom is 0.416 e. The molecule has 0 radical (unpaired) electrons. The standard InChI is InChI=1S/C18H17F3N2O/c1-11-4-5-13(9-15(11)22)17(24)23-8-2-3-12-6-7-14(10-16(12)23)18(19,20)21/h4-7,9-10H,2-3,8,22H2,1H3. The minimum Gasteiger partial charge on any atom is -0.398 e. The van der Waals surface area contributed by atoms with Gasteiger partial charge in [0, 0.05) is 23.5 Å². The number of aryl methyl sites for hydroxylation is 2. The van der Waals surface area contributed by atoms with Gasteiger partial charge in [0.1, 0.15) is 0 Å². The van der Waals surface area contributed by atoms with Gasteiger partial charge in [-0.05, 0) is 55.2 Å². The predicted octanol–water partition coefficient (Wildman–Crippen LogP) is 4.19. The number of carbonyl (C=O) groups excluding carboxylic acids is 1. The fourth-order valence-corrected chi connectivity index (χ4v) is 2.89. The van der Waals surface area contributed by atoms with Crippen molar-refractivity contribution in [2.24, 2.45) is 0 Å². The van der Waals surface area contributed by atoms with E-state index in [4.69, 9.17) is 5.73 Å². The molecule has 0 saturated carbocycles. The van der Waals surface area contributed by atoms with E-state index in [9.17, 15) is 18.0 Å². The number of hydrogen-bond acceptors (Lipinski definition) is 2. The number of anilines is 2. The lowest BCUT2D eigenvalue weighted by molar-refractivity contribution is -0.137. The zero-order chi connectivity index (χ0) is 17.5. The molecule has 0 aromatic heterocycles. The van der Waals surface area contributed by atoms with Crippen LogP contribution in [0.15, 0.2) is 36.4 Å². The Balaban J connectivity index is 2.01. The van der Waals surface area contributed by atoms with Crippen molar-refractivity contribution in [3.63, 3.8) is 0 Å². The monoisotopic (exact) mass is 334 g/mol. The number of amides is 1. The molecule has 0 saturated heterocycles. The van der Waals surface area contributed by atoms with E-state index in [0.29, 0.717) is 36.3 Å². The molecule has 0 unspecified atom stereocenters. The van der Waals surface area contributed by atoms with Crippen LogP contribution in [-0.2, 0) is 12.6 Å². The van der Waals surface area contributed by atoms with Crippen molar-refractivity contribution in [3.8, 4) is 0 Å². The molecule has 6 heteroatoms. The van der Waals surface area contributed by atoms with E-state index in [2.05, 4.69) is 0 Å². The largest absolute Gasteiger partial charge is 0.416 e. The number of nitrogens with zero attached hydrogens (tertiary/aromatic N) is 1. The molecule has 3 nitrogen and oxygen atoms in total. The average Bonchev–Trinajstić information content (AvgIpc) is 2.55. The first kappa shape index (κ1) is 16.4. The highest BCUT2D eigenvalue weighted by molar-refractivity contribution is 6.07. The third-order valence-corrected chi connectivity index (χ3v) is 4.30. The third kappa shape index (κ3) is 2.96. The summed E-state index contributed by atoms with van der Waals surface area (Å²) in [6.07, 6.45) is -3.06. The zero-order valence-electron chi connectivity index (χ0n) is 13.2. The van der Waals surface area contributed by atoms with Gasteiger partial charge in [0.2, 0.25) is 0 Å². The SMILES string of the molecule is Cc1ccc(C(=O)N2CCCc3ccc(C(F)(F)F)cc32)cc1N. The third-order valence-electron chi connectivity index (χ3n) is 4.30. The summed E-state index contributed by atoms with van der Waals surface area (Å²) < 4.78 is 39.0. The normalized spacial score (nSPS) is 14.4. The van der Waals surface area contributed by atoms with Crippen molar-refractivity contribution in [1.29, 1.82) is 0 Å². The number of nitrogen functional groups attached to an aromatic ring is 1. The Bertz CT molecular complexity index is 799. The van der Waals surface area contributed by atoms with Crippen LogP contribution in [0, 0.1) is 6.92 Å². The van der Waals surface area contributed by atoms with Gasteiger partial charge in [0.25, 0.3) is 5.91 Å². The minimum atomic E-state index is -4.44. The maximum atomic E-state index is 13.0. The fourth-order valence-electron chi connectivity index (χ4n) is 2.89. The average molecular weight is 334 g/mol. The molecule has 2 aromatic carbocycles. The van der Waals surface area contributed by atoms with Crippen molar-refractivity contribution < 1.29 is 18.0 Å². The summed E-state index contributed by atoms with van der Waals surface area (Å²) in [6.45, 7) is 2.22. The maximum absolute atomic E-state index is 13.0.